The number of hydrogen-bond donors (Lipinski definition) is 2. The van der Waals surface area contributed by atoms with E-state index in [1.54, 1.807) is 18.2 Å². The van der Waals surface area contributed by atoms with E-state index in [1.807, 2.05) is 0 Å². The third-order valence-electron chi connectivity index (χ3n) is 1.79. The molecule has 0 radical (unpaired) electrons. The lowest BCUT2D eigenvalue weighted by atomic mass is 10.1. The SMILES string of the molecule is O=C(O)CNC(=O)Cc1ccc(Cl)c(Cl)c1. The molecule has 0 saturated heterocycles. The number of rotatable bonds is 4. The summed E-state index contributed by atoms with van der Waals surface area (Å²) in [5.41, 5.74) is 0.678. The van der Waals surface area contributed by atoms with Crippen molar-refractivity contribution in [2.75, 3.05) is 6.54 Å². The zero-order valence-corrected chi connectivity index (χ0v) is 9.68. The maximum absolute atomic E-state index is 11.3. The molecule has 0 heterocycles. The fraction of sp³-hybridized carbons (Fsp3) is 0.200. The molecular weight excluding hydrogens is 253 g/mol. The molecule has 86 valence electrons. The van der Waals surface area contributed by atoms with Gasteiger partial charge in [0.25, 0.3) is 0 Å². The number of carbonyl (C=O) groups is 2. The molecule has 0 aliphatic rings. The Labute approximate surface area is 102 Å². The lowest BCUT2D eigenvalue weighted by molar-refractivity contribution is -0.137. The van der Waals surface area contributed by atoms with Crippen LogP contribution in [0.1, 0.15) is 5.56 Å². The van der Waals surface area contributed by atoms with Gasteiger partial charge in [-0.3, -0.25) is 9.59 Å². The summed E-state index contributed by atoms with van der Waals surface area (Å²) in [6.07, 6.45) is 0.0736. The Kier molecular flexibility index (Phi) is 4.58. The van der Waals surface area contributed by atoms with Gasteiger partial charge in [0.1, 0.15) is 6.54 Å². The molecule has 1 rings (SSSR count). The number of carboxylic acids is 1. The quantitative estimate of drug-likeness (QED) is 0.868. The van der Waals surface area contributed by atoms with Crippen molar-refractivity contribution in [3.8, 4) is 0 Å². The Balaban J connectivity index is 2.56. The van der Waals surface area contributed by atoms with E-state index < -0.39 is 5.97 Å². The highest BCUT2D eigenvalue weighted by molar-refractivity contribution is 6.42. The molecule has 0 fully saturated rings. The van der Waals surface area contributed by atoms with Crippen molar-refractivity contribution in [2.45, 2.75) is 6.42 Å². The first kappa shape index (κ1) is 12.8. The number of hydrogen-bond acceptors (Lipinski definition) is 2. The summed E-state index contributed by atoms with van der Waals surface area (Å²) < 4.78 is 0. The monoisotopic (exact) mass is 261 g/mol. The van der Waals surface area contributed by atoms with Crippen LogP contribution in [0.4, 0.5) is 0 Å². The standard InChI is InChI=1S/C10H9Cl2NO3/c11-7-2-1-6(3-8(7)12)4-9(14)13-5-10(15)16/h1-3H,4-5H2,(H,13,14)(H,15,16). The van der Waals surface area contributed by atoms with Gasteiger partial charge in [0.2, 0.25) is 5.91 Å². The van der Waals surface area contributed by atoms with Crippen LogP contribution in [0.5, 0.6) is 0 Å². The van der Waals surface area contributed by atoms with Crippen LogP contribution >= 0.6 is 23.2 Å². The van der Waals surface area contributed by atoms with E-state index in [-0.39, 0.29) is 18.9 Å². The van der Waals surface area contributed by atoms with E-state index in [0.29, 0.717) is 15.6 Å². The summed E-state index contributed by atoms with van der Waals surface area (Å²) >= 11 is 11.5. The molecule has 0 spiro atoms. The average Bonchev–Trinajstić information content (AvgIpc) is 2.21. The zero-order valence-electron chi connectivity index (χ0n) is 8.17. The number of nitrogens with one attached hydrogen (secondary N) is 1. The first-order chi connectivity index (χ1) is 7.49. The second-order valence-corrected chi connectivity index (χ2v) is 3.91. The van der Waals surface area contributed by atoms with Gasteiger partial charge in [0, 0.05) is 0 Å². The van der Waals surface area contributed by atoms with E-state index in [0.717, 1.165) is 0 Å². The van der Waals surface area contributed by atoms with Gasteiger partial charge in [-0.2, -0.15) is 0 Å². The van der Waals surface area contributed by atoms with Crippen LogP contribution < -0.4 is 5.32 Å². The molecule has 16 heavy (non-hydrogen) atoms. The highest BCUT2D eigenvalue weighted by Gasteiger charge is 2.06. The molecule has 4 nitrogen and oxygen atoms in total. The van der Waals surface area contributed by atoms with Crippen molar-refractivity contribution >= 4 is 35.1 Å². The Morgan fingerprint density at radius 3 is 2.50 bits per heavy atom. The number of carboxylic acid groups (broad SMARTS) is 1. The smallest absolute Gasteiger partial charge is 0.322 e. The Morgan fingerprint density at radius 2 is 1.94 bits per heavy atom. The summed E-state index contributed by atoms with van der Waals surface area (Å²) in [5, 5.41) is 11.4. The van der Waals surface area contributed by atoms with Crippen molar-refractivity contribution in [2.24, 2.45) is 0 Å². The molecule has 0 bridgehead atoms. The minimum absolute atomic E-state index is 0.0736. The predicted molar refractivity (Wildman–Crippen MR) is 60.8 cm³/mol. The zero-order chi connectivity index (χ0) is 12.1. The van der Waals surface area contributed by atoms with E-state index in [4.69, 9.17) is 28.3 Å². The lowest BCUT2D eigenvalue weighted by Crippen LogP contribution is -2.30. The normalized spacial score (nSPS) is 9.88. The summed E-state index contributed by atoms with van der Waals surface area (Å²) in [7, 11) is 0. The van der Waals surface area contributed by atoms with Crippen LogP contribution in [0.25, 0.3) is 0 Å². The van der Waals surface area contributed by atoms with Crippen LogP contribution in [0.15, 0.2) is 18.2 Å². The van der Waals surface area contributed by atoms with Gasteiger partial charge in [0.15, 0.2) is 0 Å². The Morgan fingerprint density at radius 1 is 1.25 bits per heavy atom. The molecule has 6 heteroatoms. The first-order valence-corrected chi connectivity index (χ1v) is 5.17. The maximum atomic E-state index is 11.3. The maximum Gasteiger partial charge on any atom is 0.322 e. The minimum Gasteiger partial charge on any atom is -0.480 e. The van der Waals surface area contributed by atoms with Crippen molar-refractivity contribution < 1.29 is 14.7 Å². The number of halogens is 2. The van der Waals surface area contributed by atoms with E-state index in [2.05, 4.69) is 5.32 Å². The second kappa shape index (κ2) is 5.72. The third-order valence-corrected chi connectivity index (χ3v) is 2.52. The Hall–Kier alpha value is -1.26. The summed E-state index contributed by atoms with van der Waals surface area (Å²) in [4.78, 5) is 21.5. The molecule has 1 aromatic carbocycles. The van der Waals surface area contributed by atoms with Crippen LogP contribution in [0.2, 0.25) is 10.0 Å². The number of aliphatic carboxylic acids is 1. The van der Waals surface area contributed by atoms with Crippen LogP contribution in [-0.2, 0) is 16.0 Å². The summed E-state index contributed by atoms with van der Waals surface area (Å²) in [6.45, 7) is -0.389. The van der Waals surface area contributed by atoms with Gasteiger partial charge in [-0.05, 0) is 17.7 Å². The molecule has 0 atom stereocenters. The molecule has 1 aromatic rings. The van der Waals surface area contributed by atoms with Crippen LogP contribution in [-0.4, -0.2) is 23.5 Å². The third kappa shape index (κ3) is 4.08. The largest absolute Gasteiger partial charge is 0.480 e. The van der Waals surface area contributed by atoms with Gasteiger partial charge >= 0.3 is 5.97 Å². The van der Waals surface area contributed by atoms with Gasteiger partial charge in [-0.1, -0.05) is 29.3 Å². The van der Waals surface area contributed by atoms with E-state index in [9.17, 15) is 9.59 Å². The molecule has 2 N–H and O–H groups in total. The number of amides is 1. The van der Waals surface area contributed by atoms with E-state index >= 15 is 0 Å². The van der Waals surface area contributed by atoms with Crippen LogP contribution in [0, 0.1) is 0 Å². The van der Waals surface area contributed by atoms with E-state index in [1.165, 1.54) is 0 Å². The molecule has 0 unspecified atom stereocenters. The fourth-order valence-electron chi connectivity index (χ4n) is 1.07. The number of carbonyl (C=O) groups excluding carboxylic acids is 1. The molecule has 0 saturated carbocycles. The van der Waals surface area contributed by atoms with Gasteiger partial charge in [-0.25, -0.2) is 0 Å². The fourth-order valence-corrected chi connectivity index (χ4v) is 1.39. The second-order valence-electron chi connectivity index (χ2n) is 3.10. The van der Waals surface area contributed by atoms with Gasteiger partial charge in [-0.15, -0.1) is 0 Å². The van der Waals surface area contributed by atoms with Crippen molar-refractivity contribution in [3.05, 3.63) is 33.8 Å². The van der Waals surface area contributed by atoms with Crippen molar-refractivity contribution in [3.63, 3.8) is 0 Å². The summed E-state index contributed by atoms with van der Waals surface area (Å²) in [5.74, 6) is -1.46. The lowest BCUT2D eigenvalue weighted by Gasteiger charge is -2.03. The summed E-state index contributed by atoms with van der Waals surface area (Å²) in [6, 6.07) is 4.82. The van der Waals surface area contributed by atoms with Crippen molar-refractivity contribution in [1.29, 1.82) is 0 Å². The molecule has 0 aliphatic carbocycles. The first-order valence-electron chi connectivity index (χ1n) is 4.41. The minimum atomic E-state index is -1.08. The number of benzene rings is 1. The molecular formula is C10H9Cl2NO3. The highest BCUT2D eigenvalue weighted by atomic mass is 35.5. The van der Waals surface area contributed by atoms with Gasteiger partial charge in [0.05, 0.1) is 16.5 Å². The topological polar surface area (TPSA) is 66.4 Å². The van der Waals surface area contributed by atoms with Crippen molar-refractivity contribution in [1.82, 2.24) is 5.32 Å². The molecule has 0 aromatic heterocycles. The average molecular weight is 262 g/mol. The van der Waals surface area contributed by atoms with Crippen LogP contribution in [0.3, 0.4) is 0 Å². The molecule has 1 amide bonds. The van der Waals surface area contributed by atoms with Gasteiger partial charge < -0.3 is 10.4 Å². The predicted octanol–water partition coefficient (Wildman–Crippen LogP) is 1.74. The molecule has 0 aliphatic heterocycles. The highest BCUT2D eigenvalue weighted by Crippen LogP contribution is 2.22. The Bertz CT molecular complexity index is 421.